The molecule has 2 amide bonds. The second-order valence-electron chi connectivity index (χ2n) is 13.6. The number of anilines is 2. The van der Waals surface area contributed by atoms with Crippen LogP contribution in [0.2, 0.25) is 0 Å². The molecule has 0 radical (unpaired) electrons. The predicted molar refractivity (Wildman–Crippen MR) is 237 cm³/mol. The second kappa shape index (κ2) is 20.2. The van der Waals surface area contributed by atoms with Crippen LogP contribution < -0.4 is 39.1 Å². The van der Waals surface area contributed by atoms with Gasteiger partial charge in [0, 0.05) is 36.3 Å². The molecule has 314 valence electrons. The Kier molecular flexibility index (Phi) is 14.2. The summed E-state index contributed by atoms with van der Waals surface area (Å²) in [5.74, 6) is 1.62. The first-order chi connectivity index (χ1) is 30.0. The highest BCUT2D eigenvalue weighted by molar-refractivity contribution is 6.07. The van der Waals surface area contributed by atoms with Crippen molar-refractivity contribution in [1.29, 1.82) is 0 Å². The van der Waals surface area contributed by atoms with Crippen LogP contribution in [0.1, 0.15) is 68.1 Å². The lowest BCUT2D eigenvalue weighted by molar-refractivity contribution is 0.0725. The van der Waals surface area contributed by atoms with Gasteiger partial charge < -0.3 is 39.1 Å². The minimum Gasteiger partial charge on any atom is -0.496 e. The zero-order valence-corrected chi connectivity index (χ0v) is 34.6. The van der Waals surface area contributed by atoms with E-state index in [0.717, 1.165) is 11.1 Å². The molecule has 0 atom stereocenters. The van der Waals surface area contributed by atoms with Crippen LogP contribution in [0.3, 0.4) is 0 Å². The molecule has 0 aliphatic rings. The van der Waals surface area contributed by atoms with Crippen LogP contribution in [0, 0.1) is 0 Å². The smallest absolute Gasteiger partial charge is 0.343 e. The Morgan fingerprint density at radius 2 is 0.790 bits per heavy atom. The molecule has 0 saturated heterocycles. The molecule has 6 aromatic carbocycles. The number of benzene rings is 6. The number of methoxy groups -OCH3 is 2. The Morgan fingerprint density at radius 1 is 0.452 bits per heavy atom. The van der Waals surface area contributed by atoms with Gasteiger partial charge in [-0.2, -0.15) is 0 Å². The molecule has 0 bridgehead atoms. The summed E-state index contributed by atoms with van der Waals surface area (Å²) in [6.07, 6.45) is 1.29. The van der Waals surface area contributed by atoms with Gasteiger partial charge in [0.1, 0.15) is 34.5 Å². The highest BCUT2D eigenvalue weighted by Gasteiger charge is 2.17. The van der Waals surface area contributed by atoms with Gasteiger partial charge in [-0.05, 0) is 108 Å². The SMILES string of the molecule is C=C(CC)Oc1ccc(C(=O)Nc2ccc(C(=O)Oc3ccc(-c4ccc(OC(=O)c5ccc(NC(=O)c6ccc(OC(=C)CC)cc6OC)cc5)cc4)cc3)cc2)c(OC)c1. The van der Waals surface area contributed by atoms with Crippen LogP contribution in [0.5, 0.6) is 34.5 Å². The third kappa shape index (κ3) is 11.1. The lowest BCUT2D eigenvalue weighted by Crippen LogP contribution is -2.14. The maximum absolute atomic E-state index is 13.0. The van der Waals surface area contributed by atoms with Gasteiger partial charge in [-0.25, -0.2) is 9.59 Å². The van der Waals surface area contributed by atoms with Crippen molar-refractivity contribution in [3.63, 3.8) is 0 Å². The Bertz CT molecular complexity index is 2420. The topological polar surface area (TPSA) is 148 Å². The lowest BCUT2D eigenvalue weighted by Gasteiger charge is -2.13. The zero-order chi connectivity index (χ0) is 44.2. The van der Waals surface area contributed by atoms with Gasteiger partial charge in [-0.1, -0.05) is 51.3 Å². The van der Waals surface area contributed by atoms with Crippen molar-refractivity contribution >= 4 is 35.1 Å². The van der Waals surface area contributed by atoms with Crippen LogP contribution in [0.4, 0.5) is 11.4 Å². The number of nitrogens with one attached hydrogen (secondary N) is 2. The fourth-order valence-electron chi connectivity index (χ4n) is 5.86. The third-order valence-electron chi connectivity index (χ3n) is 9.37. The molecule has 6 rings (SSSR count). The molecule has 12 nitrogen and oxygen atoms in total. The monoisotopic (exact) mass is 832 g/mol. The van der Waals surface area contributed by atoms with Gasteiger partial charge in [0.2, 0.25) is 0 Å². The second-order valence-corrected chi connectivity index (χ2v) is 13.6. The summed E-state index contributed by atoms with van der Waals surface area (Å²) >= 11 is 0. The van der Waals surface area contributed by atoms with E-state index in [1.54, 1.807) is 133 Å². The first-order valence-electron chi connectivity index (χ1n) is 19.5. The van der Waals surface area contributed by atoms with E-state index in [1.807, 2.05) is 13.8 Å². The molecule has 0 unspecified atom stereocenters. The van der Waals surface area contributed by atoms with Gasteiger partial charge in [-0.3, -0.25) is 9.59 Å². The molecule has 0 spiro atoms. The number of ether oxygens (including phenoxy) is 6. The third-order valence-corrected chi connectivity index (χ3v) is 9.37. The van der Waals surface area contributed by atoms with Gasteiger partial charge in [0.15, 0.2) is 0 Å². The minimum atomic E-state index is -0.570. The van der Waals surface area contributed by atoms with Gasteiger partial charge in [0.25, 0.3) is 11.8 Å². The molecule has 0 fully saturated rings. The van der Waals surface area contributed by atoms with E-state index < -0.39 is 23.8 Å². The van der Waals surface area contributed by atoms with E-state index >= 15 is 0 Å². The number of carbonyl (C=O) groups is 4. The Labute approximate surface area is 359 Å². The van der Waals surface area contributed by atoms with E-state index in [-0.39, 0.29) is 0 Å². The van der Waals surface area contributed by atoms with Crippen LogP contribution in [-0.2, 0) is 0 Å². The van der Waals surface area contributed by atoms with Crippen molar-refractivity contribution in [3.05, 3.63) is 180 Å². The van der Waals surface area contributed by atoms with E-state index in [1.165, 1.54) is 14.2 Å². The highest BCUT2D eigenvalue weighted by Crippen LogP contribution is 2.30. The summed E-state index contributed by atoms with van der Waals surface area (Å²) in [5, 5.41) is 5.62. The van der Waals surface area contributed by atoms with Crippen molar-refractivity contribution in [2.75, 3.05) is 24.9 Å². The summed E-state index contributed by atoms with van der Waals surface area (Å²) in [5.41, 5.74) is 3.83. The van der Waals surface area contributed by atoms with Crippen molar-refractivity contribution in [3.8, 4) is 45.6 Å². The van der Waals surface area contributed by atoms with Crippen LogP contribution in [0.25, 0.3) is 11.1 Å². The van der Waals surface area contributed by atoms with Gasteiger partial charge in [-0.15, -0.1) is 0 Å². The van der Waals surface area contributed by atoms with Crippen molar-refractivity contribution in [2.24, 2.45) is 0 Å². The van der Waals surface area contributed by atoms with Crippen molar-refractivity contribution < 1.29 is 47.6 Å². The normalized spacial score (nSPS) is 10.5. The van der Waals surface area contributed by atoms with E-state index in [4.69, 9.17) is 28.4 Å². The first kappa shape index (κ1) is 43.5. The van der Waals surface area contributed by atoms with Gasteiger partial charge >= 0.3 is 11.9 Å². The molecular formula is C50H44N2O10. The lowest BCUT2D eigenvalue weighted by atomic mass is 10.1. The predicted octanol–water partition coefficient (Wildman–Crippen LogP) is 10.9. The van der Waals surface area contributed by atoms with Crippen LogP contribution in [-0.4, -0.2) is 38.0 Å². The van der Waals surface area contributed by atoms with E-state index in [9.17, 15) is 19.2 Å². The maximum Gasteiger partial charge on any atom is 0.343 e. The quantitative estimate of drug-likeness (QED) is 0.0517. The van der Waals surface area contributed by atoms with E-state index in [0.29, 0.717) is 92.5 Å². The number of amides is 2. The van der Waals surface area contributed by atoms with Gasteiger partial charge in [0.05, 0.1) is 48.0 Å². The number of carbonyl (C=O) groups excluding carboxylic acids is 4. The Hall–Kier alpha value is -8.12. The number of allylic oxidation sites excluding steroid dienone is 2. The molecule has 0 aliphatic carbocycles. The molecule has 0 heterocycles. The molecular weight excluding hydrogens is 789 g/mol. The molecule has 2 N–H and O–H groups in total. The molecule has 12 heteroatoms. The van der Waals surface area contributed by atoms with E-state index in [2.05, 4.69) is 23.8 Å². The number of hydrogen-bond acceptors (Lipinski definition) is 10. The summed E-state index contributed by atoms with van der Waals surface area (Å²) in [4.78, 5) is 51.9. The number of rotatable bonds is 17. The van der Waals surface area contributed by atoms with Crippen LogP contribution in [0.15, 0.2) is 158 Å². The maximum atomic E-state index is 13.0. The van der Waals surface area contributed by atoms with Crippen LogP contribution >= 0.6 is 0 Å². The summed E-state index contributed by atoms with van der Waals surface area (Å²) in [6.45, 7) is 11.5. The molecule has 6 aromatic rings. The highest BCUT2D eigenvalue weighted by atomic mass is 16.5. The molecule has 0 aromatic heterocycles. The zero-order valence-electron chi connectivity index (χ0n) is 34.6. The average molecular weight is 833 g/mol. The fraction of sp³-hybridized carbons (Fsp3) is 0.120. The van der Waals surface area contributed by atoms with Crippen molar-refractivity contribution in [1.82, 2.24) is 0 Å². The number of esters is 2. The molecule has 0 aliphatic heterocycles. The summed E-state index contributed by atoms with van der Waals surface area (Å²) in [7, 11) is 2.94. The summed E-state index contributed by atoms with van der Waals surface area (Å²) in [6, 6.07) is 36.4. The standard InChI is InChI=1S/C50H44N2O10/c1-7-31(3)59-41-25-27-43(45(29-41)57-5)47(53)51-37-17-9-35(10-18-37)49(55)61-39-21-13-33(14-22-39)34-15-23-40(24-16-34)62-50(56)36-11-19-38(20-12-36)52-48(54)44-28-26-42(30-46(44)58-6)60-32(4)8-2/h9-30H,3-4,7-8H2,1-2,5-6H3,(H,51,53)(H,52,54). The number of hydrogen-bond donors (Lipinski definition) is 2. The minimum absolute atomic E-state index is 0.291. The molecule has 62 heavy (non-hydrogen) atoms. The Morgan fingerprint density at radius 3 is 1.11 bits per heavy atom. The summed E-state index contributed by atoms with van der Waals surface area (Å²) < 4.78 is 33.3. The fourth-order valence-corrected chi connectivity index (χ4v) is 5.86. The van der Waals surface area contributed by atoms with Crippen molar-refractivity contribution in [2.45, 2.75) is 26.7 Å². The average Bonchev–Trinajstić information content (AvgIpc) is 3.29. The Balaban J connectivity index is 0.986. The first-order valence-corrected chi connectivity index (χ1v) is 19.5. The largest absolute Gasteiger partial charge is 0.496 e. The molecule has 0 saturated carbocycles.